The summed E-state index contributed by atoms with van der Waals surface area (Å²) in [4.78, 5) is 26.9. The van der Waals surface area contributed by atoms with E-state index in [0.717, 1.165) is 5.56 Å². The summed E-state index contributed by atoms with van der Waals surface area (Å²) in [6.07, 6.45) is 0. The maximum absolute atomic E-state index is 12.3. The van der Waals surface area contributed by atoms with E-state index in [1.807, 2.05) is 30.3 Å². The van der Waals surface area contributed by atoms with Crippen molar-refractivity contribution in [3.05, 3.63) is 88.5 Å². The summed E-state index contributed by atoms with van der Waals surface area (Å²) >= 11 is 5.19. The van der Waals surface area contributed by atoms with Crippen molar-refractivity contribution < 1.29 is 14.1 Å². The van der Waals surface area contributed by atoms with Gasteiger partial charge in [-0.1, -0.05) is 18.2 Å². The third kappa shape index (κ3) is 4.15. The van der Waals surface area contributed by atoms with Gasteiger partial charge in [0.2, 0.25) is 5.89 Å². The van der Waals surface area contributed by atoms with Crippen molar-refractivity contribution in [3.63, 3.8) is 0 Å². The van der Waals surface area contributed by atoms with Gasteiger partial charge in [0.25, 0.3) is 11.6 Å². The van der Waals surface area contributed by atoms with E-state index in [9.17, 15) is 14.9 Å². The molecule has 0 spiro atoms. The number of nitro benzene ring substituents is 1. The molecule has 0 saturated carbocycles. The van der Waals surface area contributed by atoms with Gasteiger partial charge in [0.05, 0.1) is 4.92 Å². The number of oxazole rings is 1. The van der Waals surface area contributed by atoms with Gasteiger partial charge in [-0.15, -0.1) is 0 Å². The highest BCUT2D eigenvalue weighted by molar-refractivity contribution is 7.80. The molecule has 2 N–H and O–H groups in total. The Morgan fingerprint density at radius 3 is 2.47 bits per heavy atom. The molecule has 0 radical (unpaired) electrons. The van der Waals surface area contributed by atoms with E-state index in [2.05, 4.69) is 15.6 Å². The second kappa shape index (κ2) is 8.10. The number of thiocarbonyl (C=S) groups is 1. The molecule has 3 aromatic carbocycles. The Bertz CT molecular complexity index is 1250. The number of nitrogens with one attached hydrogen (secondary N) is 2. The minimum atomic E-state index is -0.531. The quantitative estimate of drug-likeness (QED) is 0.285. The summed E-state index contributed by atoms with van der Waals surface area (Å²) in [5.74, 6) is 0.0353. The van der Waals surface area contributed by atoms with Crippen molar-refractivity contribution in [2.45, 2.75) is 0 Å². The number of nitro groups is 1. The first-order chi connectivity index (χ1) is 14.5. The highest BCUT2D eigenvalue weighted by Crippen LogP contribution is 2.26. The smallest absolute Gasteiger partial charge is 0.269 e. The molecule has 0 unspecified atom stereocenters. The third-order valence-corrected chi connectivity index (χ3v) is 4.44. The fraction of sp³-hybridized carbons (Fsp3) is 0. The second-order valence-corrected chi connectivity index (χ2v) is 6.69. The van der Waals surface area contributed by atoms with Gasteiger partial charge in [-0.05, 0) is 54.7 Å². The predicted molar refractivity (Wildman–Crippen MR) is 116 cm³/mol. The highest BCUT2D eigenvalue weighted by atomic mass is 32.1. The van der Waals surface area contributed by atoms with Crippen LogP contribution in [0.1, 0.15) is 10.4 Å². The zero-order valence-corrected chi connectivity index (χ0v) is 16.2. The Balaban J connectivity index is 1.45. The maximum atomic E-state index is 12.3. The number of benzene rings is 3. The van der Waals surface area contributed by atoms with Gasteiger partial charge in [0.1, 0.15) is 5.52 Å². The van der Waals surface area contributed by atoms with Crippen molar-refractivity contribution in [1.29, 1.82) is 0 Å². The fourth-order valence-corrected chi connectivity index (χ4v) is 2.99. The number of aromatic nitrogens is 1. The number of anilines is 1. The van der Waals surface area contributed by atoms with Crippen molar-refractivity contribution >= 4 is 45.7 Å². The zero-order valence-electron chi connectivity index (χ0n) is 15.4. The molecule has 30 heavy (non-hydrogen) atoms. The van der Waals surface area contributed by atoms with E-state index < -0.39 is 10.8 Å². The largest absolute Gasteiger partial charge is 0.436 e. The first-order valence-corrected chi connectivity index (χ1v) is 9.23. The summed E-state index contributed by atoms with van der Waals surface area (Å²) in [5, 5.41) is 16.3. The van der Waals surface area contributed by atoms with Crippen molar-refractivity contribution in [2.24, 2.45) is 0 Å². The first kappa shape index (κ1) is 19.2. The molecule has 0 aliphatic heterocycles. The number of carbonyl (C=O) groups excluding carboxylic acids is 1. The van der Waals surface area contributed by atoms with Crippen molar-refractivity contribution in [1.82, 2.24) is 10.3 Å². The normalized spacial score (nSPS) is 10.5. The van der Waals surface area contributed by atoms with E-state index in [0.29, 0.717) is 22.7 Å². The van der Waals surface area contributed by atoms with E-state index in [4.69, 9.17) is 16.6 Å². The molecule has 148 valence electrons. The van der Waals surface area contributed by atoms with E-state index in [-0.39, 0.29) is 16.4 Å². The fourth-order valence-electron chi connectivity index (χ4n) is 2.78. The lowest BCUT2D eigenvalue weighted by Crippen LogP contribution is -2.34. The molecular formula is C21H14N4O4S. The van der Waals surface area contributed by atoms with Crippen LogP contribution in [0.3, 0.4) is 0 Å². The molecule has 1 heterocycles. The molecule has 0 aliphatic rings. The average Bonchev–Trinajstić information content (AvgIpc) is 3.18. The molecule has 0 bridgehead atoms. The minimum Gasteiger partial charge on any atom is -0.436 e. The number of fused-ring (bicyclic) bond motifs is 1. The Labute approximate surface area is 175 Å². The molecule has 1 aromatic heterocycles. The number of hydrogen-bond donors (Lipinski definition) is 2. The van der Waals surface area contributed by atoms with Crippen LogP contribution in [-0.4, -0.2) is 20.9 Å². The molecule has 9 heteroatoms. The van der Waals surface area contributed by atoms with Crippen LogP contribution in [0.5, 0.6) is 0 Å². The summed E-state index contributed by atoms with van der Waals surface area (Å²) < 4.78 is 5.77. The summed E-state index contributed by atoms with van der Waals surface area (Å²) in [6.45, 7) is 0. The number of non-ortho nitro benzene ring substituents is 1. The van der Waals surface area contributed by atoms with Gasteiger partial charge in [0.15, 0.2) is 10.7 Å². The van der Waals surface area contributed by atoms with Crippen LogP contribution in [-0.2, 0) is 0 Å². The van der Waals surface area contributed by atoms with Crippen LogP contribution in [0.2, 0.25) is 0 Å². The monoisotopic (exact) mass is 418 g/mol. The minimum absolute atomic E-state index is 0.0875. The third-order valence-electron chi connectivity index (χ3n) is 4.23. The van der Waals surface area contributed by atoms with Gasteiger partial charge in [-0.25, -0.2) is 4.98 Å². The van der Waals surface area contributed by atoms with Crippen LogP contribution >= 0.6 is 12.2 Å². The standard InChI is InChI=1S/C21H14N4O4S/c26-19(13-6-9-16(10-7-13)25(27)28)24-21(30)22-15-8-11-18-17(12-15)23-20(29-18)14-4-2-1-3-5-14/h1-12H,(H2,22,24,26,30). The van der Waals surface area contributed by atoms with E-state index >= 15 is 0 Å². The van der Waals surface area contributed by atoms with Gasteiger partial charge in [-0.2, -0.15) is 0 Å². The number of rotatable bonds is 4. The van der Waals surface area contributed by atoms with Crippen LogP contribution < -0.4 is 10.6 Å². The lowest BCUT2D eigenvalue weighted by atomic mass is 10.2. The molecule has 4 aromatic rings. The molecule has 0 aliphatic carbocycles. The topological polar surface area (TPSA) is 110 Å². The van der Waals surface area contributed by atoms with Gasteiger partial charge in [-0.3, -0.25) is 20.2 Å². The molecule has 8 nitrogen and oxygen atoms in total. The van der Waals surface area contributed by atoms with Crippen LogP contribution in [0.15, 0.2) is 77.2 Å². The van der Waals surface area contributed by atoms with Crippen LogP contribution in [0.4, 0.5) is 11.4 Å². The number of amides is 1. The Kier molecular flexibility index (Phi) is 5.19. The lowest BCUT2D eigenvalue weighted by Gasteiger charge is -2.09. The molecule has 0 saturated heterocycles. The highest BCUT2D eigenvalue weighted by Gasteiger charge is 2.12. The van der Waals surface area contributed by atoms with Gasteiger partial charge < -0.3 is 9.73 Å². The van der Waals surface area contributed by atoms with E-state index in [1.165, 1.54) is 24.3 Å². The molecule has 0 fully saturated rings. The Morgan fingerprint density at radius 1 is 1.03 bits per heavy atom. The summed E-state index contributed by atoms with van der Waals surface area (Å²) in [7, 11) is 0. The Morgan fingerprint density at radius 2 is 1.77 bits per heavy atom. The predicted octanol–water partition coefficient (Wildman–Crippen LogP) is 4.53. The van der Waals surface area contributed by atoms with Crippen LogP contribution in [0.25, 0.3) is 22.6 Å². The van der Waals surface area contributed by atoms with Gasteiger partial charge >= 0.3 is 0 Å². The number of hydrogen-bond acceptors (Lipinski definition) is 6. The molecule has 4 rings (SSSR count). The SMILES string of the molecule is O=C(NC(=S)Nc1ccc2oc(-c3ccccc3)nc2c1)c1ccc([N+](=O)[O-])cc1. The van der Waals surface area contributed by atoms with Gasteiger partial charge in [0, 0.05) is 28.9 Å². The molecule has 1 amide bonds. The number of carbonyl (C=O) groups is 1. The maximum Gasteiger partial charge on any atom is 0.269 e. The molecule has 0 atom stereocenters. The first-order valence-electron chi connectivity index (χ1n) is 8.82. The van der Waals surface area contributed by atoms with E-state index in [1.54, 1.807) is 18.2 Å². The molecular weight excluding hydrogens is 404 g/mol. The van der Waals surface area contributed by atoms with Crippen molar-refractivity contribution in [2.75, 3.05) is 5.32 Å². The Hall–Kier alpha value is -4.11. The second-order valence-electron chi connectivity index (χ2n) is 6.28. The number of nitrogens with zero attached hydrogens (tertiary/aromatic N) is 2. The van der Waals surface area contributed by atoms with Crippen LogP contribution in [0, 0.1) is 10.1 Å². The average molecular weight is 418 g/mol. The summed E-state index contributed by atoms with van der Waals surface area (Å²) in [6, 6.07) is 20.1. The lowest BCUT2D eigenvalue weighted by molar-refractivity contribution is -0.384. The van der Waals surface area contributed by atoms with Crippen molar-refractivity contribution in [3.8, 4) is 11.5 Å². The summed E-state index contributed by atoms with van der Waals surface area (Å²) in [5.41, 5.74) is 2.93. The zero-order chi connectivity index (χ0) is 21.1.